The Labute approximate surface area is 306 Å². The van der Waals surface area contributed by atoms with Crippen molar-refractivity contribution in [2.24, 2.45) is 23.7 Å². The predicted molar refractivity (Wildman–Crippen MR) is 200 cm³/mol. The molecule has 1 aromatic rings. The maximum Gasteiger partial charge on any atom is 0.410 e. The Morgan fingerprint density at radius 3 is 2.37 bits per heavy atom. The number of carbonyl (C=O) groups excluding carboxylic acids is 4. The molecule has 0 radical (unpaired) electrons. The van der Waals surface area contributed by atoms with Gasteiger partial charge < -0.3 is 33.8 Å². The van der Waals surface area contributed by atoms with Gasteiger partial charge in [0.1, 0.15) is 17.1 Å². The minimum absolute atomic E-state index is 0.00437. The van der Waals surface area contributed by atoms with Crippen LogP contribution in [-0.4, -0.2) is 104 Å². The lowest BCUT2D eigenvalue weighted by Gasteiger charge is -2.40. The molecule has 0 unspecified atom stereocenters. The fourth-order valence-corrected chi connectivity index (χ4v) is 7.50. The number of amides is 3. The van der Waals surface area contributed by atoms with E-state index in [1.165, 1.54) is 0 Å². The molecule has 11 nitrogen and oxygen atoms in total. The third kappa shape index (κ3) is 11.2. The van der Waals surface area contributed by atoms with Gasteiger partial charge in [-0.1, -0.05) is 13.8 Å². The van der Waals surface area contributed by atoms with Crippen LogP contribution >= 0.6 is 0 Å². The molecule has 1 aromatic carbocycles. The van der Waals surface area contributed by atoms with Crippen LogP contribution in [0.1, 0.15) is 100 Å². The third-order valence-corrected chi connectivity index (χ3v) is 9.82. The summed E-state index contributed by atoms with van der Waals surface area (Å²) in [5, 5.41) is 0. The molecule has 3 aliphatic rings. The zero-order valence-electron chi connectivity index (χ0n) is 33.0. The Bertz CT molecular complexity index is 1370. The second kappa shape index (κ2) is 17.1. The lowest BCUT2D eigenvalue weighted by Crippen LogP contribution is -2.53. The van der Waals surface area contributed by atoms with Crippen LogP contribution in [0, 0.1) is 23.7 Å². The van der Waals surface area contributed by atoms with Crippen LogP contribution in [0.25, 0.3) is 0 Å². The van der Waals surface area contributed by atoms with Gasteiger partial charge in [0.2, 0.25) is 5.91 Å². The lowest BCUT2D eigenvalue weighted by atomic mass is 9.83. The molecule has 11 heteroatoms. The molecule has 2 heterocycles. The average molecular weight is 713 g/mol. The molecule has 3 atom stereocenters. The lowest BCUT2D eigenvalue weighted by molar-refractivity contribution is -0.133. The van der Waals surface area contributed by atoms with Gasteiger partial charge in [-0.05, 0) is 124 Å². The first-order chi connectivity index (χ1) is 23.9. The van der Waals surface area contributed by atoms with Gasteiger partial charge >= 0.3 is 6.09 Å². The van der Waals surface area contributed by atoms with Gasteiger partial charge in [-0.25, -0.2) is 4.79 Å². The number of hydrogen-bond donors (Lipinski definition) is 0. The normalized spacial score (nSPS) is 21.0. The van der Waals surface area contributed by atoms with Crippen molar-refractivity contribution in [2.75, 3.05) is 63.3 Å². The topological polar surface area (TPSA) is 109 Å². The number of benzene rings is 1. The largest absolute Gasteiger partial charge is 0.476 e. The van der Waals surface area contributed by atoms with Gasteiger partial charge in [0, 0.05) is 56.9 Å². The molecule has 0 bridgehead atoms. The first-order valence-corrected chi connectivity index (χ1v) is 19.1. The van der Waals surface area contributed by atoms with Crippen LogP contribution < -0.4 is 14.5 Å². The smallest absolute Gasteiger partial charge is 0.410 e. The predicted octanol–water partition coefficient (Wildman–Crippen LogP) is 6.56. The first kappa shape index (κ1) is 40.6. The summed E-state index contributed by atoms with van der Waals surface area (Å²) in [4.78, 5) is 62.7. The number of carbonyl (C=O) groups is 4. The van der Waals surface area contributed by atoms with Gasteiger partial charge in [0.25, 0.3) is 5.91 Å². The fraction of sp³-hybridized carbons (Fsp3) is 0.750. The molecule has 286 valence electrons. The molecule has 0 N–H and O–H groups in total. The van der Waals surface area contributed by atoms with Crippen molar-refractivity contribution in [2.45, 2.75) is 118 Å². The molecule has 1 saturated heterocycles. The average Bonchev–Trinajstić information content (AvgIpc) is 3.86. The summed E-state index contributed by atoms with van der Waals surface area (Å²) in [6.07, 6.45) is 4.88. The number of ether oxygens (including phenoxy) is 3. The van der Waals surface area contributed by atoms with Crippen LogP contribution in [0.2, 0.25) is 0 Å². The zero-order valence-corrected chi connectivity index (χ0v) is 33.0. The molecule has 1 aliphatic carbocycles. The number of hydrogen-bond acceptors (Lipinski definition) is 8. The van der Waals surface area contributed by atoms with Crippen LogP contribution in [0.5, 0.6) is 5.75 Å². The van der Waals surface area contributed by atoms with E-state index in [0.29, 0.717) is 61.6 Å². The van der Waals surface area contributed by atoms with E-state index < -0.39 is 29.1 Å². The number of fused-ring (bicyclic) bond motifs is 1. The van der Waals surface area contributed by atoms with Crippen LogP contribution in [-0.2, 0) is 23.9 Å². The van der Waals surface area contributed by atoms with Crippen molar-refractivity contribution in [1.82, 2.24) is 9.80 Å². The van der Waals surface area contributed by atoms with E-state index in [4.69, 9.17) is 14.2 Å². The van der Waals surface area contributed by atoms with Gasteiger partial charge in [0.05, 0.1) is 18.2 Å². The van der Waals surface area contributed by atoms with Crippen molar-refractivity contribution in [1.29, 1.82) is 0 Å². The van der Waals surface area contributed by atoms with E-state index in [-0.39, 0.29) is 36.7 Å². The molecule has 0 spiro atoms. The van der Waals surface area contributed by atoms with Crippen molar-refractivity contribution in [3.05, 3.63) is 18.2 Å². The van der Waals surface area contributed by atoms with Crippen molar-refractivity contribution in [3.63, 3.8) is 0 Å². The highest BCUT2D eigenvalue weighted by atomic mass is 16.6. The highest BCUT2D eigenvalue weighted by Crippen LogP contribution is 2.43. The number of nitrogens with zero attached hydrogens (tertiary/aromatic N) is 4. The van der Waals surface area contributed by atoms with E-state index in [2.05, 4.69) is 32.8 Å². The van der Waals surface area contributed by atoms with Crippen molar-refractivity contribution >= 4 is 35.1 Å². The summed E-state index contributed by atoms with van der Waals surface area (Å²) in [6.45, 7) is 18.0. The van der Waals surface area contributed by atoms with Gasteiger partial charge in [-0.3, -0.25) is 14.4 Å². The summed E-state index contributed by atoms with van der Waals surface area (Å²) in [5.41, 5.74) is -0.472. The van der Waals surface area contributed by atoms with E-state index in [1.54, 1.807) is 23.6 Å². The van der Waals surface area contributed by atoms with Gasteiger partial charge in [0.15, 0.2) is 5.60 Å². The number of piperidine rings is 1. The van der Waals surface area contributed by atoms with E-state index >= 15 is 0 Å². The zero-order chi connectivity index (χ0) is 37.7. The quantitative estimate of drug-likeness (QED) is 0.178. The number of ketones is 1. The molecule has 51 heavy (non-hydrogen) atoms. The summed E-state index contributed by atoms with van der Waals surface area (Å²) in [5.74, 6) is 0.450. The molecule has 3 amide bonds. The Hall–Kier alpha value is -3.18. The molecule has 0 aromatic heterocycles. The minimum Gasteiger partial charge on any atom is -0.476 e. The summed E-state index contributed by atoms with van der Waals surface area (Å²) in [6, 6.07) is 5.58. The molecule has 4 rings (SSSR count). The highest BCUT2D eigenvalue weighted by molar-refractivity contribution is 6.04. The highest BCUT2D eigenvalue weighted by Gasteiger charge is 2.45. The number of Topliss-reactive ketones (excluding diaryl/α,β-unsaturated/α-hetero) is 1. The summed E-state index contributed by atoms with van der Waals surface area (Å²) >= 11 is 0. The Morgan fingerprint density at radius 1 is 1.08 bits per heavy atom. The molecule has 1 saturated carbocycles. The van der Waals surface area contributed by atoms with Gasteiger partial charge in [-0.2, -0.15) is 0 Å². The van der Waals surface area contributed by atoms with Crippen molar-refractivity contribution in [3.8, 4) is 5.75 Å². The maximum atomic E-state index is 14.6. The summed E-state index contributed by atoms with van der Waals surface area (Å²) < 4.78 is 17.5. The number of rotatable bonds is 16. The Morgan fingerprint density at radius 2 is 1.76 bits per heavy atom. The van der Waals surface area contributed by atoms with E-state index in [9.17, 15) is 19.2 Å². The Kier molecular flexibility index (Phi) is 13.6. The van der Waals surface area contributed by atoms with E-state index in [1.807, 2.05) is 50.8 Å². The minimum atomic E-state index is -1.04. The Balaban J connectivity index is 1.58. The molecule has 2 aliphatic heterocycles. The second-order valence-corrected chi connectivity index (χ2v) is 17.0. The fourth-order valence-electron chi connectivity index (χ4n) is 7.50. The third-order valence-electron chi connectivity index (χ3n) is 9.82. The van der Waals surface area contributed by atoms with Crippen LogP contribution in [0.4, 0.5) is 16.2 Å². The SMILES string of the molecule is CCOCCN1C(=O)C(C)(C)Oc2ccc(N(C(=O)[C@@H]3C[C@H](C(=O)CCC[C@H](CC(C)C)CN(C)C)CN(C(=O)OC(C)(C)C)C3)C3CC3)cc21. The molecule has 2 fully saturated rings. The van der Waals surface area contributed by atoms with E-state index in [0.717, 1.165) is 38.6 Å². The van der Waals surface area contributed by atoms with Crippen LogP contribution in [0.15, 0.2) is 18.2 Å². The molecular weight excluding hydrogens is 648 g/mol. The van der Waals surface area contributed by atoms with Crippen molar-refractivity contribution < 1.29 is 33.4 Å². The monoisotopic (exact) mass is 712 g/mol. The van der Waals surface area contributed by atoms with Gasteiger partial charge in [-0.15, -0.1) is 0 Å². The first-order valence-electron chi connectivity index (χ1n) is 19.1. The summed E-state index contributed by atoms with van der Waals surface area (Å²) in [7, 11) is 4.18. The number of likely N-dealkylation sites (tertiary alicyclic amines) is 1. The molecular formula is C40H64N4O7. The van der Waals surface area contributed by atoms with Crippen LogP contribution in [0.3, 0.4) is 0 Å². The maximum absolute atomic E-state index is 14.6. The number of anilines is 2. The standard InChI is InChI=1S/C40H64N4O7/c1-11-49-20-19-43-33-23-32(17-18-35(33)50-40(7,8)37(43)47)44(31-15-16-31)36(46)30-22-29(25-42(26-30)38(48)51-39(4,5)6)34(45)14-12-13-28(21-27(2)3)24-41(9)10/h17-18,23,27-31H,11-16,19-22,24-26H2,1-10H3/t28-,29+,30-/m1/s1. The second-order valence-electron chi connectivity index (χ2n) is 17.0.